The van der Waals surface area contributed by atoms with Crippen molar-refractivity contribution in [2.24, 2.45) is 0 Å². The Morgan fingerprint density at radius 2 is 1.86 bits per heavy atom. The summed E-state index contributed by atoms with van der Waals surface area (Å²) in [6.07, 6.45) is 0. The Hall–Kier alpha value is -2.55. The van der Waals surface area contributed by atoms with Gasteiger partial charge < -0.3 is 10.2 Å². The quantitative estimate of drug-likeness (QED) is 0.643. The molecule has 7 nitrogen and oxygen atoms in total. The number of halogens is 1. The molecule has 0 aliphatic carbocycles. The maximum atomic E-state index is 12.2. The van der Waals surface area contributed by atoms with Crippen molar-refractivity contribution in [1.29, 1.82) is 0 Å². The van der Waals surface area contributed by atoms with Crippen molar-refractivity contribution < 1.29 is 4.79 Å². The molecule has 29 heavy (non-hydrogen) atoms. The van der Waals surface area contributed by atoms with Crippen molar-refractivity contribution in [3.8, 4) is 21.8 Å². The normalized spacial score (nSPS) is 10.8. The molecule has 0 fully saturated rings. The highest BCUT2D eigenvalue weighted by molar-refractivity contribution is 7.19. The Kier molecular flexibility index (Phi) is 7.66. The first-order valence-electron chi connectivity index (χ1n) is 8.96. The van der Waals surface area contributed by atoms with E-state index in [0.29, 0.717) is 10.8 Å². The van der Waals surface area contributed by atoms with Gasteiger partial charge in [-0.2, -0.15) is 5.10 Å². The topological polar surface area (TPSA) is 80.1 Å². The second kappa shape index (κ2) is 9.78. The van der Waals surface area contributed by atoms with E-state index < -0.39 is 0 Å². The number of amides is 1. The summed E-state index contributed by atoms with van der Waals surface area (Å²) < 4.78 is 1.45. The Labute approximate surface area is 179 Å². The Morgan fingerprint density at radius 1 is 1.17 bits per heavy atom. The van der Waals surface area contributed by atoms with Gasteiger partial charge in [-0.15, -0.1) is 12.4 Å². The molecular weight excluding hydrogens is 410 g/mol. The number of carbonyl (C=O) groups is 1. The van der Waals surface area contributed by atoms with Gasteiger partial charge in [0.2, 0.25) is 5.91 Å². The van der Waals surface area contributed by atoms with Gasteiger partial charge in [0.05, 0.1) is 23.2 Å². The fourth-order valence-electron chi connectivity index (χ4n) is 2.70. The zero-order chi connectivity index (χ0) is 20.3. The van der Waals surface area contributed by atoms with Crippen LogP contribution in [0.15, 0.2) is 47.3 Å². The molecule has 0 aliphatic heterocycles. The second-order valence-electron chi connectivity index (χ2n) is 6.94. The predicted octanol–water partition coefficient (Wildman–Crippen LogP) is 3.54. The smallest absolute Gasteiger partial charge is 0.267 e. The predicted molar refractivity (Wildman–Crippen MR) is 120 cm³/mol. The maximum absolute atomic E-state index is 12.2. The highest BCUT2D eigenvalue weighted by Gasteiger charge is 2.18. The molecule has 0 saturated heterocycles. The van der Waals surface area contributed by atoms with Crippen molar-refractivity contribution in [1.82, 2.24) is 19.7 Å². The first-order chi connectivity index (χ1) is 13.3. The van der Waals surface area contributed by atoms with Crippen LogP contribution in [0.2, 0.25) is 0 Å². The molecule has 3 rings (SSSR count). The monoisotopic (exact) mass is 433 g/mol. The standard InChI is InChI=1S/C20H23N5O2S.ClH/c1-13(2)25-17(27)11-10-15(23-25)19-18(14-8-6-5-7-9-14)22-20(28-19)21-16(26)12-24(3)4;/h5-11,13H,12H2,1-4H3,(H,21,22,26);1H. The number of rotatable bonds is 6. The number of anilines is 1. The van der Waals surface area contributed by atoms with E-state index in [2.05, 4.69) is 15.4 Å². The third kappa shape index (κ3) is 5.50. The summed E-state index contributed by atoms with van der Waals surface area (Å²) in [7, 11) is 3.67. The molecule has 0 aliphatic rings. The van der Waals surface area contributed by atoms with Gasteiger partial charge in [0.1, 0.15) is 5.69 Å². The number of hydrogen-bond acceptors (Lipinski definition) is 6. The van der Waals surface area contributed by atoms with Crippen LogP contribution in [0.4, 0.5) is 5.13 Å². The molecule has 2 heterocycles. The molecule has 2 aromatic heterocycles. The highest BCUT2D eigenvalue weighted by atomic mass is 35.5. The van der Waals surface area contributed by atoms with Crippen molar-refractivity contribution >= 4 is 34.8 Å². The SMILES string of the molecule is CC(C)n1nc(-c2sc(NC(=O)CN(C)C)nc2-c2ccccc2)ccc1=O.Cl. The number of benzene rings is 1. The Bertz CT molecular complexity index is 1030. The van der Waals surface area contributed by atoms with Crippen LogP contribution in [-0.4, -0.2) is 46.2 Å². The van der Waals surface area contributed by atoms with Crippen LogP contribution < -0.4 is 10.9 Å². The molecule has 0 bridgehead atoms. The minimum atomic E-state index is -0.149. The summed E-state index contributed by atoms with van der Waals surface area (Å²) >= 11 is 1.35. The molecule has 3 aromatic rings. The van der Waals surface area contributed by atoms with E-state index in [1.807, 2.05) is 58.3 Å². The molecule has 1 N–H and O–H groups in total. The zero-order valence-corrected chi connectivity index (χ0v) is 18.4. The lowest BCUT2D eigenvalue weighted by Gasteiger charge is -2.09. The zero-order valence-electron chi connectivity index (χ0n) is 16.7. The average molecular weight is 434 g/mol. The van der Waals surface area contributed by atoms with Crippen LogP contribution in [0.5, 0.6) is 0 Å². The number of thiazole rings is 1. The molecule has 1 aromatic carbocycles. The molecule has 1 amide bonds. The molecular formula is C20H24ClN5O2S. The molecule has 0 unspecified atom stereocenters. The third-order valence-corrected chi connectivity index (χ3v) is 4.92. The first kappa shape index (κ1) is 22.7. The highest BCUT2D eigenvalue weighted by Crippen LogP contribution is 2.37. The summed E-state index contributed by atoms with van der Waals surface area (Å²) in [4.78, 5) is 31.5. The fourth-order valence-corrected chi connectivity index (χ4v) is 3.67. The third-order valence-electron chi connectivity index (χ3n) is 3.93. The summed E-state index contributed by atoms with van der Waals surface area (Å²) in [6.45, 7) is 4.10. The fraction of sp³-hybridized carbons (Fsp3) is 0.300. The summed E-state index contributed by atoms with van der Waals surface area (Å²) in [6, 6.07) is 12.9. The number of likely N-dealkylation sites (N-methyl/N-ethyl adjacent to an activating group) is 1. The van der Waals surface area contributed by atoms with Crippen LogP contribution in [0.3, 0.4) is 0 Å². The van der Waals surface area contributed by atoms with Crippen molar-refractivity contribution in [3.05, 3.63) is 52.8 Å². The first-order valence-corrected chi connectivity index (χ1v) is 9.78. The van der Waals surface area contributed by atoms with E-state index >= 15 is 0 Å². The van der Waals surface area contributed by atoms with E-state index in [-0.39, 0.29) is 36.5 Å². The van der Waals surface area contributed by atoms with E-state index in [1.165, 1.54) is 22.1 Å². The maximum Gasteiger partial charge on any atom is 0.267 e. The minimum absolute atomic E-state index is 0. The molecule has 0 radical (unpaired) electrons. The van der Waals surface area contributed by atoms with Crippen LogP contribution in [-0.2, 0) is 4.79 Å². The Morgan fingerprint density at radius 3 is 2.48 bits per heavy atom. The van der Waals surface area contributed by atoms with Gasteiger partial charge >= 0.3 is 0 Å². The number of nitrogens with one attached hydrogen (secondary N) is 1. The largest absolute Gasteiger partial charge is 0.301 e. The van der Waals surface area contributed by atoms with Gasteiger partial charge in [-0.3, -0.25) is 9.59 Å². The van der Waals surface area contributed by atoms with Gasteiger partial charge in [0.25, 0.3) is 5.56 Å². The molecule has 9 heteroatoms. The van der Waals surface area contributed by atoms with Gasteiger partial charge in [0, 0.05) is 11.6 Å². The summed E-state index contributed by atoms with van der Waals surface area (Å²) in [5, 5.41) is 7.88. The van der Waals surface area contributed by atoms with Gasteiger partial charge in [-0.05, 0) is 34.0 Å². The molecule has 0 atom stereocenters. The summed E-state index contributed by atoms with van der Waals surface area (Å²) in [5.41, 5.74) is 2.15. The minimum Gasteiger partial charge on any atom is -0.301 e. The Balaban J connectivity index is 0.00000300. The van der Waals surface area contributed by atoms with Crippen LogP contribution >= 0.6 is 23.7 Å². The number of nitrogens with zero attached hydrogens (tertiary/aromatic N) is 4. The molecule has 0 saturated carbocycles. The van der Waals surface area contributed by atoms with Crippen molar-refractivity contribution in [3.63, 3.8) is 0 Å². The van der Waals surface area contributed by atoms with Gasteiger partial charge in [-0.25, -0.2) is 9.67 Å². The van der Waals surface area contributed by atoms with Crippen LogP contribution in [0.1, 0.15) is 19.9 Å². The lowest BCUT2D eigenvalue weighted by Crippen LogP contribution is -2.26. The van der Waals surface area contributed by atoms with E-state index in [1.54, 1.807) is 11.0 Å². The molecule has 0 spiro atoms. The molecule has 154 valence electrons. The number of aromatic nitrogens is 3. The summed E-state index contributed by atoms with van der Waals surface area (Å²) in [5.74, 6) is -0.134. The van der Waals surface area contributed by atoms with E-state index in [4.69, 9.17) is 0 Å². The number of hydrogen-bond donors (Lipinski definition) is 1. The number of carbonyl (C=O) groups excluding carboxylic acids is 1. The lowest BCUT2D eigenvalue weighted by molar-refractivity contribution is -0.116. The van der Waals surface area contributed by atoms with Gasteiger partial charge in [-0.1, -0.05) is 41.7 Å². The second-order valence-corrected chi connectivity index (χ2v) is 7.94. The van der Waals surface area contributed by atoms with E-state index in [9.17, 15) is 9.59 Å². The van der Waals surface area contributed by atoms with Gasteiger partial charge in [0.15, 0.2) is 5.13 Å². The lowest BCUT2D eigenvalue weighted by atomic mass is 10.1. The van der Waals surface area contributed by atoms with Crippen molar-refractivity contribution in [2.75, 3.05) is 26.0 Å². The van der Waals surface area contributed by atoms with E-state index in [0.717, 1.165) is 16.1 Å². The average Bonchev–Trinajstić information content (AvgIpc) is 3.05. The van der Waals surface area contributed by atoms with Crippen molar-refractivity contribution in [2.45, 2.75) is 19.9 Å². The van der Waals surface area contributed by atoms with Crippen LogP contribution in [0.25, 0.3) is 21.8 Å². The van der Waals surface area contributed by atoms with Crippen LogP contribution in [0, 0.1) is 0 Å².